The average molecular weight is 584 g/mol. The van der Waals surface area contributed by atoms with Crippen molar-refractivity contribution >= 4 is 56.7 Å². The van der Waals surface area contributed by atoms with E-state index in [2.05, 4.69) is 0 Å². The Hall–Kier alpha value is -3.64. The average Bonchev–Trinajstić information content (AvgIpc) is 3.53. The SMILES string of the molecule is COC(=O)C(Cc1cccc(C(=N)N)c1)C1CCCN1C(=O)c1cc2ccc(Cl)cc2s1.O=C(O)C(F)(F)F. The van der Waals surface area contributed by atoms with Crippen LogP contribution in [0.4, 0.5) is 13.2 Å². The number of carboxylic acids is 1. The fourth-order valence-electron chi connectivity index (χ4n) is 4.36. The van der Waals surface area contributed by atoms with Crippen molar-refractivity contribution in [1.82, 2.24) is 4.90 Å². The van der Waals surface area contributed by atoms with E-state index in [0.29, 0.717) is 28.4 Å². The van der Waals surface area contributed by atoms with Gasteiger partial charge in [-0.3, -0.25) is 15.0 Å². The van der Waals surface area contributed by atoms with Gasteiger partial charge in [0.25, 0.3) is 5.91 Å². The van der Waals surface area contributed by atoms with Crippen LogP contribution in [0.15, 0.2) is 48.5 Å². The summed E-state index contributed by atoms with van der Waals surface area (Å²) in [5, 5.41) is 16.4. The Balaban J connectivity index is 0.000000532. The van der Waals surface area contributed by atoms with Crippen molar-refractivity contribution in [2.45, 2.75) is 31.5 Å². The minimum absolute atomic E-state index is 0.0241. The van der Waals surface area contributed by atoms with Crippen LogP contribution in [0.25, 0.3) is 10.1 Å². The number of nitrogens with zero attached hydrogens (tertiary/aromatic N) is 1. The number of rotatable bonds is 6. The molecule has 0 aliphatic carbocycles. The summed E-state index contributed by atoms with van der Waals surface area (Å²) < 4.78 is 37.8. The Morgan fingerprint density at radius 2 is 1.92 bits per heavy atom. The predicted octanol–water partition coefficient (Wildman–Crippen LogP) is 5.11. The molecule has 0 saturated carbocycles. The summed E-state index contributed by atoms with van der Waals surface area (Å²) in [5.41, 5.74) is 7.11. The summed E-state index contributed by atoms with van der Waals surface area (Å²) in [6, 6.07) is 14.5. The zero-order valence-corrected chi connectivity index (χ0v) is 22.2. The summed E-state index contributed by atoms with van der Waals surface area (Å²) >= 11 is 7.51. The number of nitrogen functional groups attached to an aromatic ring is 1. The summed E-state index contributed by atoms with van der Waals surface area (Å²) in [6.07, 6.45) is -3.12. The number of esters is 1. The fourth-order valence-corrected chi connectivity index (χ4v) is 5.66. The zero-order valence-electron chi connectivity index (χ0n) is 20.6. The number of amides is 1. The molecule has 1 saturated heterocycles. The summed E-state index contributed by atoms with van der Waals surface area (Å²) in [6.45, 7) is 0.597. The van der Waals surface area contributed by atoms with Gasteiger partial charge in [-0.25, -0.2) is 4.79 Å². The van der Waals surface area contributed by atoms with E-state index in [4.69, 9.17) is 37.4 Å². The first-order valence-corrected chi connectivity index (χ1v) is 12.8. The largest absolute Gasteiger partial charge is 0.490 e. The topological polar surface area (TPSA) is 134 Å². The van der Waals surface area contributed by atoms with E-state index in [1.807, 2.05) is 47.4 Å². The number of hydrogen-bond donors (Lipinski definition) is 3. The Morgan fingerprint density at radius 3 is 2.54 bits per heavy atom. The highest BCUT2D eigenvalue weighted by molar-refractivity contribution is 7.20. The van der Waals surface area contributed by atoms with E-state index in [0.717, 1.165) is 28.5 Å². The number of alkyl halides is 3. The van der Waals surface area contributed by atoms with Gasteiger partial charge in [0.2, 0.25) is 0 Å². The van der Waals surface area contributed by atoms with E-state index in [1.54, 1.807) is 6.07 Å². The first-order chi connectivity index (χ1) is 18.3. The molecule has 1 amide bonds. The third kappa shape index (κ3) is 7.48. The quantitative estimate of drug-likeness (QED) is 0.210. The number of nitrogens with one attached hydrogen (secondary N) is 1. The molecule has 1 fully saturated rings. The van der Waals surface area contributed by atoms with Crippen LogP contribution in [0.1, 0.15) is 33.6 Å². The van der Waals surface area contributed by atoms with E-state index in [9.17, 15) is 22.8 Å². The van der Waals surface area contributed by atoms with Gasteiger partial charge in [-0.15, -0.1) is 11.3 Å². The molecular weight excluding hydrogens is 559 g/mol. The van der Waals surface area contributed by atoms with Crippen LogP contribution in [0.2, 0.25) is 5.02 Å². The number of benzene rings is 2. The summed E-state index contributed by atoms with van der Waals surface area (Å²) in [7, 11) is 1.37. The molecule has 2 atom stereocenters. The summed E-state index contributed by atoms with van der Waals surface area (Å²) in [5.74, 6) is -3.70. The van der Waals surface area contributed by atoms with E-state index >= 15 is 0 Å². The number of aliphatic carboxylic acids is 1. The first kappa shape index (κ1) is 29.9. The van der Waals surface area contributed by atoms with E-state index < -0.39 is 18.1 Å². The Morgan fingerprint density at radius 1 is 1.23 bits per heavy atom. The van der Waals surface area contributed by atoms with Crippen LogP contribution >= 0.6 is 22.9 Å². The fraction of sp³-hybridized carbons (Fsp3) is 0.308. The first-order valence-electron chi connectivity index (χ1n) is 11.6. The highest BCUT2D eigenvalue weighted by Gasteiger charge is 2.40. The number of methoxy groups -OCH3 is 1. The van der Waals surface area contributed by atoms with Crippen molar-refractivity contribution in [1.29, 1.82) is 5.41 Å². The van der Waals surface area contributed by atoms with Crippen molar-refractivity contribution in [2.24, 2.45) is 11.7 Å². The number of carbonyl (C=O) groups excluding carboxylic acids is 2. The lowest BCUT2D eigenvalue weighted by molar-refractivity contribution is -0.192. The third-order valence-electron chi connectivity index (χ3n) is 6.16. The lowest BCUT2D eigenvalue weighted by Crippen LogP contribution is -2.44. The molecule has 2 unspecified atom stereocenters. The minimum atomic E-state index is -5.08. The normalized spacial score (nSPS) is 15.8. The smallest absolute Gasteiger partial charge is 0.475 e. The van der Waals surface area contributed by atoms with Gasteiger partial charge < -0.3 is 20.5 Å². The number of fused-ring (bicyclic) bond motifs is 1. The highest BCUT2D eigenvalue weighted by atomic mass is 35.5. The Labute approximate surface area is 230 Å². The molecule has 3 aromatic rings. The molecule has 208 valence electrons. The number of nitrogens with two attached hydrogens (primary N) is 1. The number of halogens is 4. The van der Waals surface area contributed by atoms with E-state index in [1.165, 1.54) is 18.4 Å². The van der Waals surface area contributed by atoms with Gasteiger partial charge in [0.05, 0.1) is 17.9 Å². The van der Waals surface area contributed by atoms with Crippen LogP contribution in [0.3, 0.4) is 0 Å². The van der Waals surface area contributed by atoms with Crippen LogP contribution < -0.4 is 5.73 Å². The molecule has 0 radical (unpaired) electrons. The molecule has 2 heterocycles. The van der Waals surface area contributed by atoms with Crippen LogP contribution in [0, 0.1) is 11.3 Å². The second-order valence-electron chi connectivity index (χ2n) is 8.75. The van der Waals surface area contributed by atoms with Gasteiger partial charge in [-0.05, 0) is 54.5 Å². The molecule has 0 bridgehead atoms. The molecule has 1 aliphatic rings. The molecule has 4 N–H and O–H groups in total. The molecule has 8 nitrogen and oxygen atoms in total. The molecule has 1 aliphatic heterocycles. The molecule has 2 aromatic carbocycles. The standard InChI is InChI=1S/C24H24ClN3O3S.C2HF3O2/c1-31-24(30)18(11-14-4-2-5-16(10-14)22(26)27)19-6-3-9-28(19)23(29)21-12-15-7-8-17(25)13-20(15)32-21;3-2(4,5)1(6)7/h2,4-5,7-8,10,12-13,18-19H,3,6,9,11H2,1H3,(H3,26,27);(H,6,7). The van der Waals surface area contributed by atoms with Crippen molar-refractivity contribution in [2.75, 3.05) is 13.7 Å². The van der Waals surface area contributed by atoms with Crippen LogP contribution in [0.5, 0.6) is 0 Å². The second kappa shape index (κ2) is 12.5. The maximum Gasteiger partial charge on any atom is 0.490 e. The third-order valence-corrected chi connectivity index (χ3v) is 7.48. The van der Waals surface area contributed by atoms with Crippen molar-refractivity contribution in [3.05, 3.63) is 69.6 Å². The van der Waals surface area contributed by atoms with Gasteiger partial charge in [0.15, 0.2) is 0 Å². The number of thiophene rings is 1. The number of amidine groups is 1. The number of likely N-dealkylation sites (tertiary alicyclic amines) is 1. The monoisotopic (exact) mass is 583 g/mol. The van der Waals surface area contributed by atoms with Gasteiger partial charge in [-0.1, -0.05) is 35.9 Å². The van der Waals surface area contributed by atoms with E-state index in [-0.39, 0.29) is 23.8 Å². The van der Waals surface area contributed by atoms with Gasteiger partial charge in [0, 0.05) is 27.9 Å². The Bertz CT molecular complexity index is 1390. The molecule has 0 spiro atoms. The molecule has 1 aromatic heterocycles. The molecule has 39 heavy (non-hydrogen) atoms. The number of hydrogen-bond acceptors (Lipinski definition) is 6. The molecule has 13 heteroatoms. The number of ether oxygens (including phenoxy) is 1. The maximum atomic E-state index is 13.4. The van der Waals surface area contributed by atoms with Gasteiger partial charge in [-0.2, -0.15) is 13.2 Å². The van der Waals surface area contributed by atoms with Crippen LogP contribution in [-0.4, -0.2) is 59.6 Å². The number of carboxylic acid groups (broad SMARTS) is 1. The van der Waals surface area contributed by atoms with Gasteiger partial charge in [0.1, 0.15) is 5.84 Å². The predicted molar refractivity (Wildman–Crippen MR) is 141 cm³/mol. The van der Waals surface area contributed by atoms with Crippen LogP contribution in [-0.2, 0) is 20.7 Å². The second-order valence-corrected chi connectivity index (χ2v) is 10.3. The lowest BCUT2D eigenvalue weighted by atomic mass is 9.89. The Kier molecular flexibility index (Phi) is 9.57. The molecular formula is C26H25ClF3N3O5S. The highest BCUT2D eigenvalue weighted by Crippen LogP contribution is 2.33. The van der Waals surface area contributed by atoms with Crippen molar-refractivity contribution in [3.63, 3.8) is 0 Å². The number of carbonyl (C=O) groups is 3. The van der Waals surface area contributed by atoms with Gasteiger partial charge >= 0.3 is 18.1 Å². The lowest BCUT2D eigenvalue weighted by Gasteiger charge is -2.30. The summed E-state index contributed by atoms with van der Waals surface area (Å²) in [4.78, 5) is 37.5. The van der Waals surface area contributed by atoms with Crippen molar-refractivity contribution in [3.8, 4) is 0 Å². The molecule has 4 rings (SSSR count). The minimum Gasteiger partial charge on any atom is -0.475 e. The maximum absolute atomic E-state index is 13.4. The van der Waals surface area contributed by atoms with Crippen molar-refractivity contribution < 1.29 is 37.4 Å². The zero-order chi connectivity index (χ0) is 28.9.